The molecule has 2 heteroatoms. The molecule has 0 radical (unpaired) electrons. The van der Waals surface area contributed by atoms with Crippen LogP contribution in [0.5, 0.6) is 0 Å². The Morgan fingerprint density at radius 2 is 1.19 bits per heavy atom. The molecule has 0 aliphatic heterocycles. The van der Waals surface area contributed by atoms with Crippen LogP contribution in [-0.4, -0.2) is 0 Å². The zero-order chi connectivity index (χ0) is 10.5. The van der Waals surface area contributed by atoms with Crippen molar-refractivity contribution in [3.05, 3.63) is 48.9 Å². The maximum Gasteiger partial charge on any atom is 0.134 e. The molecule has 0 aliphatic carbocycles. The van der Waals surface area contributed by atoms with Crippen LogP contribution in [0.2, 0.25) is 0 Å². The predicted octanol–water partition coefficient (Wildman–Crippen LogP) is 4.33. The normalized spacial score (nSPS) is 11.8. The van der Waals surface area contributed by atoms with E-state index in [1.54, 1.807) is 12.5 Å². The number of fused-ring (bicyclic) bond motifs is 5. The first-order chi connectivity index (χ1) is 7.93. The van der Waals surface area contributed by atoms with Crippen LogP contribution in [0.25, 0.3) is 32.7 Å². The van der Waals surface area contributed by atoms with Gasteiger partial charge in [0.05, 0.1) is 12.5 Å². The van der Waals surface area contributed by atoms with Crippen LogP contribution >= 0.6 is 0 Å². The van der Waals surface area contributed by atoms with Crippen LogP contribution in [-0.2, 0) is 0 Å². The highest BCUT2D eigenvalue weighted by molar-refractivity contribution is 6.18. The van der Waals surface area contributed by atoms with Gasteiger partial charge in [-0.15, -0.1) is 0 Å². The van der Waals surface area contributed by atoms with E-state index in [0.717, 1.165) is 21.9 Å². The molecule has 0 aliphatic rings. The average molecular weight is 208 g/mol. The molecule has 0 unspecified atom stereocenters. The second kappa shape index (κ2) is 2.67. The third kappa shape index (κ3) is 0.865. The number of hydrogen-bond acceptors (Lipinski definition) is 2. The van der Waals surface area contributed by atoms with Crippen molar-refractivity contribution in [3.8, 4) is 0 Å². The first kappa shape index (κ1) is 7.99. The van der Waals surface area contributed by atoms with Gasteiger partial charge in [-0.25, -0.2) is 0 Å². The predicted molar refractivity (Wildman–Crippen MR) is 63.5 cm³/mol. The Morgan fingerprint density at radius 3 is 1.75 bits per heavy atom. The van der Waals surface area contributed by atoms with Crippen molar-refractivity contribution in [1.29, 1.82) is 0 Å². The Labute approximate surface area is 91.1 Å². The lowest BCUT2D eigenvalue weighted by molar-refractivity contribution is 0.616. The highest BCUT2D eigenvalue weighted by Crippen LogP contribution is 2.32. The molecule has 0 spiro atoms. The lowest BCUT2D eigenvalue weighted by atomic mass is 10.0. The van der Waals surface area contributed by atoms with Gasteiger partial charge in [-0.05, 0) is 29.7 Å². The molecule has 0 fully saturated rings. The van der Waals surface area contributed by atoms with Crippen molar-refractivity contribution in [1.82, 2.24) is 0 Å². The summed E-state index contributed by atoms with van der Waals surface area (Å²) >= 11 is 0. The van der Waals surface area contributed by atoms with E-state index in [0.29, 0.717) is 0 Å². The number of benzene rings is 2. The fourth-order valence-electron chi connectivity index (χ4n) is 2.32. The summed E-state index contributed by atoms with van der Waals surface area (Å²) in [7, 11) is 0. The molecule has 0 N–H and O–H groups in total. The van der Waals surface area contributed by atoms with Crippen LogP contribution in [0.1, 0.15) is 0 Å². The van der Waals surface area contributed by atoms with E-state index in [9.17, 15) is 0 Å². The molecule has 0 saturated carbocycles. The van der Waals surface area contributed by atoms with E-state index in [1.807, 2.05) is 24.3 Å². The Hall–Kier alpha value is -2.22. The van der Waals surface area contributed by atoms with Gasteiger partial charge in [0.15, 0.2) is 0 Å². The first-order valence-corrected chi connectivity index (χ1v) is 5.20. The van der Waals surface area contributed by atoms with Crippen molar-refractivity contribution >= 4 is 32.7 Å². The molecule has 0 saturated heterocycles. The molecule has 0 amide bonds. The number of hydrogen-bond donors (Lipinski definition) is 0. The Morgan fingerprint density at radius 1 is 0.625 bits per heavy atom. The summed E-state index contributed by atoms with van der Waals surface area (Å²) < 4.78 is 10.8. The molecule has 0 bridgehead atoms. The molecule has 4 aromatic rings. The molecule has 4 rings (SSSR count). The molecule has 76 valence electrons. The van der Waals surface area contributed by atoms with Gasteiger partial charge >= 0.3 is 0 Å². The van der Waals surface area contributed by atoms with Gasteiger partial charge in [0.25, 0.3) is 0 Å². The minimum Gasteiger partial charge on any atom is -0.464 e. The van der Waals surface area contributed by atoms with Gasteiger partial charge < -0.3 is 8.83 Å². The summed E-state index contributed by atoms with van der Waals surface area (Å²) in [5.74, 6) is 0. The largest absolute Gasteiger partial charge is 0.464 e. The van der Waals surface area contributed by atoms with Crippen molar-refractivity contribution in [2.24, 2.45) is 0 Å². The minimum atomic E-state index is 0.918. The molecule has 2 heterocycles. The first-order valence-electron chi connectivity index (χ1n) is 5.20. The SMILES string of the molecule is c1cc2c(ccc3ccc4occc4c32)o1. The van der Waals surface area contributed by atoms with Crippen LogP contribution < -0.4 is 0 Å². The number of furan rings is 2. The summed E-state index contributed by atoms with van der Waals surface area (Å²) in [6, 6.07) is 12.2. The highest BCUT2D eigenvalue weighted by Gasteiger charge is 2.07. The standard InChI is InChI=1S/C14H8O2/c1-3-12-10(5-7-15-12)14-9(1)2-4-13-11(14)6-8-16-13/h1-8H. The maximum atomic E-state index is 5.42. The summed E-state index contributed by atoms with van der Waals surface area (Å²) in [6.07, 6.45) is 3.45. The fourth-order valence-corrected chi connectivity index (χ4v) is 2.32. The van der Waals surface area contributed by atoms with E-state index in [2.05, 4.69) is 12.1 Å². The Bertz CT molecular complexity index is 740. The molecular formula is C14H8O2. The molecule has 2 aromatic carbocycles. The minimum absolute atomic E-state index is 0.918. The monoisotopic (exact) mass is 208 g/mol. The number of rotatable bonds is 0. The van der Waals surface area contributed by atoms with Crippen molar-refractivity contribution in [2.75, 3.05) is 0 Å². The molecule has 2 nitrogen and oxygen atoms in total. The zero-order valence-electron chi connectivity index (χ0n) is 8.44. The topological polar surface area (TPSA) is 26.3 Å². The zero-order valence-corrected chi connectivity index (χ0v) is 8.44. The third-order valence-corrected chi connectivity index (χ3v) is 3.05. The van der Waals surface area contributed by atoms with Crippen molar-refractivity contribution < 1.29 is 8.83 Å². The van der Waals surface area contributed by atoms with Crippen LogP contribution in [0.4, 0.5) is 0 Å². The second-order valence-electron chi connectivity index (χ2n) is 3.89. The average Bonchev–Trinajstić information content (AvgIpc) is 2.96. The third-order valence-electron chi connectivity index (χ3n) is 3.05. The van der Waals surface area contributed by atoms with Gasteiger partial charge in [-0.2, -0.15) is 0 Å². The quantitative estimate of drug-likeness (QED) is 0.430. The fraction of sp³-hybridized carbons (Fsp3) is 0. The Kier molecular flexibility index (Phi) is 1.33. The van der Waals surface area contributed by atoms with Gasteiger partial charge in [0.2, 0.25) is 0 Å². The van der Waals surface area contributed by atoms with Gasteiger partial charge in [-0.1, -0.05) is 12.1 Å². The van der Waals surface area contributed by atoms with E-state index < -0.39 is 0 Å². The summed E-state index contributed by atoms with van der Waals surface area (Å²) in [4.78, 5) is 0. The maximum absolute atomic E-state index is 5.42. The Balaban J connectivity index is 2.44. The van der Waals surface area contributed by atoms with E-state index >= 15 is 0 Å². The molecule has 16 heavy (non-hydrogen) atoms. The lowest BCUT2D eigenvalue weighted by Crippen LogP contribution is -1.74. The van der Waals surface area contributed by atoms with Crippen LogP contribution in [0.3, 0.4) is 0 Å². The van der Waals surface area contributed by atoms with Crippen molar-refractivity contribution in [3.63, 3.8) is 0 Å². The van der Waals surface area contributed by atoms with Crippen LogP contribution in [0.15, 0.2) is 57.8 Å². The van der Waals surface area contributed by atoms with Gasteiger partial charge in [-0.3, -0.25) is 0 Å². The lowest BCUT2D eigenvalue weighted by Gasteiger charge is -2.00. The van der Waals surface area contributed by atoms with Gasteiger partial charge in [0.1, 0.15) is 11.2 Å². The van der Waals surface area contributed by atoms with Gasteiger partial charge in [0, 0.05) is 16.2 Å². The van der Waals surface area contributed by atoms with Crippen LogP contribution in [0, 0.1) is 0 Å². The molecule has 0 atom stereocenters. The second-order valence-corrected chi connectivity index (χ2v) is 3.89. The van der Waals surface area contributed by atoms with Crippen molar-refractivity contribution in [2.45, 2.75) is 0 Å². The highest BCUT2D eigenvalue weighted by atomic mass is 16.3. The summed E-state index contributed by atoms with van der Waals surface area (Å²) in [5.41, 5.74) is 1.84. The summed E-state index contributed by atoms with van der Waals surface area (Å²) in [5, 5.41) is 4.70. The van der Waals surface area contributed by atoms with E-state index in [4.69, 9.17) is 8.83 Å². The molecular weight excluding hydrogens is 200 g/mol. The van der Waals surface area contributed by atoms with E-state index in [-0.39, 0.29) is 0 Å². The molecule has 2 aromatic heterocycles. The summed E-state index contributed by atoms with van der Waals surface area (Å²) in [6.45, 7) is 0. The smallest absolute Gasteiger partial charge is 0.134 e. The van der Waals surface area contributed by atoms with E-state index in [1.165, 1.54) is 10.8 Å².